The molecule has 2 atom stereocenters. The van der Waals surface area contributed by atoms with Crippen molar-refractivity contribution < 1.29 is 9.59 Å². The Labute approximate surface area is 203 Å². The molecule has 0 radical (unpaired) electrons. The molecule has 176 valence electrons. The van der Waals surface area contributed by atoms with Gasteiger partial charge in [-0.05, 0) is 63.2 Å². The normalized spacial score (nSPS) is 13.3. The highest BCUT2D eigenvalue weighted by Gasteiger charge is 2.26. The van der Waals surface area contributed by atoms with Gasteiger partial charge in [0, 0.05) is 36.8 Å². The molecule has 3 aromatic rings. The lowest BCUT2D eigenvalue weighted by Crippen LogP contribution is -2.53. The predicted molar refractivity (Wildman–Crippen MR) is 132 cm³/mol. The minimum atomic E-state index is -0.776. The van der Waals surface area contributed by atoms with Crippen molar-refractivity contribution in [2.45, 2.75) is 51.9 Å². The van der Waals surface area contributed by atoms with E-state index in [4.69, 9.17) is 23.2 Å². The van der Waals surface area contributed by atoms with Gasteiger partial charge in [0.05, 0.1) is 16.1 Å². The molecule has 0 saturated carbocycles. The van der Waals surface area contributed by atoms with E-state index in [1.807, 2.05) is 51.0 Å². The Morgan fingerprint density at radius 3 is 2.52 bits per heavy atom. The summed E-state index contributed by atoms with van der Waals surface area (Å²) in [4.78, 5) is 35.4. The molecule has 0 aliphatic carbocycles. The highest BCUT2D eigenvalue weighted by Crippen LogP contribution is 2.23. The standard InChI is InChI=1S/C24H29Cl2N5O2/c1-14(2)31(4)15(3)23(32)30-21(11-16-5-6-19(25)20(26)10-16)24(33)29-13-17-9-18-7-8-27-22(18)28-12-17/h5-10,12,14-15,21H,11,13H2,1-4H3,(H,27,28)(H,29,33)(H,30,32)/t15?,21-/m0/s1. The maximum absolute atomic E-state index is 13.1. The number of hydrogen-bond donors (Lipinski definition) is 3. The SMILES string of the molecule is CC(C)N(C)C(C)C(=O)N[C@@H](Cc1ccc(Cl)c(Cl)c1)C(=O)NCc1cnc2[nH]ccc2c1. The van der Waals surface area contributed by atoms with Crippen LogP contribution >= 0.6 is 23.2 Å². The number of halogens is 2. The smallest absolute Gasteiger partial charge is 0.243 e. The number of H-pyrrole nitrogens is 1. The summed E-state index contributed by atoms with van der Waals surface area (Å²) < 4.78 is 0. The van der Waals surface area contributed by atoms with Crippen LogP contribution in [0, 0.1) is 0 Å². The average Bonchev–Trinajstić information content (AvgIpc) is 3.26. The zero-order chi connectivity index (χ0) is 24.1. The average molecular weight is 490 g/mol. The molecule has 2 aromatic heterocycles. The molecular formula is C24H29Cl2N5O2. The number of hydrogen-bond acceptors (Lipinski definition) is 4. The quantitative estimate of drug-likeness (QED) is 0.424. The summed E-state index contributed by atoms with van der Waals surface area (Å²) >= 11 is 12.2. The number of nitrogens with one attached hydrogen (secondary N) is 3. The van der Waals surface area contributed by atoms with Crippen LogP contribution in [0.3, 0.4) is 0 Å². The zero-order valence-electron chi connectivity index (χ0n) is 19.2. The summed E-state index contributed by atoms with van der Waals surface area (Å²) in [5.74, 6) is -0.509. The lowest BCUT2D eigenvalue weighted by molar-refractivity contribution is -0.131. The molecule has 0 aliphatic rings. The van der Waals surface area contributed by atoms with Crippen molar-refractivity contribution in [1.29, 1.82) is 0 Å². The Bertz CT molecular complexity index is 1130. The van der Waals surface area contributed by atoms with Gasteiger partial charge < -0.3 is 15.6 Å². The molecule has 0 bridgehead atoms. The summed E-state index contributed by atoms with van der Waals surface area (Å²) in [5.41, 5.74) is 2.45. The Morgan fingerprint density at radius 2 is 1.82 bits per heavy atom. The van der Waals surface area contributed by atoms with Gasteiger partial charge in [0.25, 0.3) is 0 Å². The molecule has 0 saturated heterocycles. The van der Waals surface area contributed by atoms with Crippen molar-refractivity contribution in [1.82, 2.24) is 25.5 Å². The van der Waals surface area contributed by atoms with E-state index in [0.717, 1.165) is 22.2 Å². The van der Waals surface area contributed by atoms with Crippen molar-refractivity contribution >= 4 is 46.0 Å². The van der Waals surface area contributed by atoms with Crippen LogP contribution in [-0.4, -0.2) is 51.9 Å². The number of amides is 2. The fourth-order valence-electron chi connectivity index (χ4n) is 3.43. The maximum atomic E-state index is 13.1. The Kier molecular flexibility index (Phi) is 8.35. The van der Waals surface area contributed by atoms with Crippen molar-refractivity contribution in [3.8, 4) is 0 Å². The van der Waals surface area contributed by atoms with Gasteiger partial charge in [-0.2, -0.15) is 0 Å². The van der Waals surface area contributed by atoms with Gasteiger partial charge in [-0.15, -0.1) is 0 Å². The molecule has 0 aliphatic heterocycles. The minimum absolute atomic E-state index is 0.184. The summed E-state index contributed by atoms with van der Waals surface area (Å²) in [6, 6.07) is 8.10. The number of likely N-dealkylation sites (N-methyl/N-ethyl adjacent to an activating group) is 1. The third kappa shape index (κ3) is 6.47. The van der Waals surface area contributed by atoms with Crippen LogP contribution in [0.15, 0.2) is 42.7 Å². The summed E-state index contributed by atoms with van der Waals surface area (Å²) in [7, 11) is 1.88. The fraction of sp³-hybridized carbons (Fsp3) is 0.375. The lowest BCUT2D eigenvalue weighted by Gasteiger charge is -2.29. The van der Waals surface area contributed by atoms with Gasteiger partial charge >= 0.3 is 0 Å². The third-order valence-corrected chi connectivity index (χ3v) is 6.52. The van der Waals surface area contributed by atoms with Gasteiger partial charge in [0.1, 0.15) is 11.7 Å². The molecule has 7 nitrogen and oxygen atoms in total. The van der Waals surface area contributed by atoms with E-state index in [1.54, 1.807) is 24.4 Å². The summed E-state index contributed by atoms with van der Waals surface area (Å²) in [5, 5.41) is 7.63. The van der Waals surface area contributed by atoms with E-state index in [-0.39, 0.29) is 24.3 Å². The molecule has 33 heavy (non-hydrogen) atoms. The van der Waals surface area contributed by atoms with Gasteiger partial charge in [0.15, 0.2) is 0 Å². The fourth-order valence-corrected chi connectivity index (χ4v) is 3.75. The van der Waals surface area contributed by atoms with Gasteiger partial charge in [0.2, 0.25) is 11.8 Å². The maximum Gasteiger partial charge on any atom is 0.243 e. The van der Waals surface area contributed by atoms with Gasteiger partial charge in [-0.25, -0.2) is 4.98 Å². The Morgan fingerprint density at radius 1 is 1.06 bits per heavy atom. The third-order valence-electron chi connectivity index (χ3n) is 5.79. The predicted octanol–water partition coefficient (Wildman–Crippen LogP) is 3.94. The molecule has 2 amide bonds. The molecule has 0 spiro atoms. The van der Waals surface area contributed by atoms with E-state index >= 15 is 0 Å². The molecule has 0 fully saturated rings. The second-order valence-electron chi connectivity index (χ2n) is 8.43. The molecule has 1 unspecified atom stereocenters. The number of benzene rings is 1. The van der Waals surface area contributed by atoms with Crippen LogP contribution in [0.5, 0.6) is 0 Å². The zero-order valence-corrected chi connectivity index (χ0v) is 20.7. The van der Waals surface area contributed by atoms with Crippen LogP contribution < -0.4 is 10.6 Å². The first kappa shape index (κ1) is 25.0. The number of aromatic nitrogens is 2. The Balaban J connectivity index is 1.74. The number of aromatic amines is 1. The highest BCUT2D eigenvalue weighted by molar-refractivity contribution is 6.42. The number of pyridine rings is 1. The number of fused-ring (bicyclic) bond motifs is 1. The van der Waals surface area contributed by atoms with Crippen LogP contribution in [0.2, 0.25) is 10.0 Å². The van der Waals surface area contributed by atoms with Crippen LogP contribution in [0.4, 0.5) is 0 Å². The first-order valence-electron chi connectivity index (χ1n) is 10.8. The molecule has 3 N–H and O–H groups in total. The van der Waals surface area contributed by atoms with Crippen LogP contribution in [-0.2, 0) is 22.6 Å². The van der Waals surface area contributed by atoms with Gasteiger partial charge in [-0.1, -0.05) is 29.3 Å². The van der Waals surface area contributed by atoms with Gasteiger partial charge in [-0.3, -0.25) is 14.5 Å². The second-order valence-corrected chi connectivity index (χ2v) is 9.24. The molecule has 9 heteroatoms. The second kappa shape index (κ2) is 11.0. The lowest BCUT2D eigenvalue weighted by atomic mass is 10.0. The van der Waals surface area contributed by atoms with E-state index < -0.39 is 12.1 Å². The highest BCUT2D eigenvalue weighted by atomic mass is 35.5. The minimum Gasteiger partial charge on any atom is -0.350 e. The summed E-state index contributed by atoms with van der Waals surface area (Å²) in [6.07, 6.45) is 3.81. The van der Waals surface area contributed by atoms with E-state index in [9.17, 15) is 9.59 Å². The van der Waals surface area contributed by atoms with Crippen molar-refractivity contribution in [2.24, 2.45) is 0 Å². The van der Waals surface area contributed by atoms with Crippen molar-refractivity contribution in [2.75, 3.05) is 7.05 Å². The number of rotatable bonds is 9. The topological polar surface area (TPSA) is 90.1 Å². The first-order valence-corrected chi connectivity index (χ1v) is 11.6. The van der Waals surface area contributed by atoms with Crippen molar-refractivity contribution in [3.63, 3.8) is 0 Å². The first-order chi connectivity index (χ1) is 15.7. The van der Waals surface area contributed by atoms with Crippen LogP contribution in [0.1, 0.15) is 31.9 Å². The number of carbonyl (C=O) groups excluding carboxylic acids is 2. The molecule has 3 rings (SSSR count). The number of nitrogens with zero attached hydrogens (tertiary/aromatic N) is 2. The number of carbonyl (C=O) groups is 2. The molecular weight excluding hydrogens is 461 g/mol. The van der Waals surface area contributed by atoms with E-state index in [2.05, 4.69) is 20.6 Å². The van der Waals surface area contributed by atoms with Crippen molar-refractivity contribution in [3.05, 3.63) is 63.9 Å². The van der Waals surface area contributed by atoms with Crippen LogP contribution in [0.25, 0.3) is 11.0 Å². The molecule has 2 heterocycles. The Hall–Kier alpha value is -2.61. The van der Waals surface area contributed by atoms with E-state index in [1.165, 1.54) is 0 Å². The largest absolute Gasteiger partial charge is 0.350 e. The van der Waals surface area contributed by atoms with E-state index in [0.29, 0.717) is 16.6 Å². The molecule has 1 aromatic carbocycles. The summed E-state index contributed by atoms with van der Waals surface area (Å²) in [6.45, 7) is 6.14. The monoisotopic (exact) mass is 489 g/mol.